The number of aryl methyl sites for hydroxylation is 1. The molecular formula is C28H22N4O2. The summed E-state index contributed by atoms with van der Waals surface area (Å²) in [6.07, 6.45) is 5.09. The fourth-order valence-corrected chi connectivity index (χ4v) is 3.68. The minimum Gasteiger partial charge on any atom is -0.456 e. The molecule has 0 saturated heterocycles. The van der Waals surface area contributed by atoms with E-state index in [4.69, 9.17) is 9.84 Å². The fourth-order valence-electron chi connectivity index (χ4n) is 3.68. The summed E-state index contributed by atoms with van der Waals surface area (Å²) >= 11 is 0. The van der Waals surface area contributed by atoms with Crippen LogP contribution in [0.3, 0.4) is 0 Å². The van der Waals surface area contributed by atoms with Crippen molar-refractivity contribution in [2.24, 2.45) is 0 Å². The second-order valence-electron chi connectivity index (χ2n) is 7.82. The first kappa shape index (κ1) is 21.2. The van der Waals surface area contributed by atoms with Crippen molar-refractivity contribution in [3.8, 4) is 28.4 Å². The van der Waals surface area contributed by atoms with Gasteiger partial charge in [0, 0.05) is 29.7 Å². The van der Waals surface area contributed by atoms with Crippen LogP contribution in [0, 0.1) is 6.92 Å². The number of amides is 1. The molecule has 0 unspecified atom stereocenters. The van der Waals surface area contributed by atoms with Gasteiger partial charge in [0.15, 0.2) is 0 Å². The number of hydrogen-bond donors (Lipinski definition) is 1. The first-order valence-corrected chi connectivity index (χ1v) is 10.9. The number of pyridine rings is 1. The number of anilines is 1. The minimum atomic E-state index is -0.251. The van der Waals surface area contributed by atoms with Crippen LogP contribution >= 0.6 is 0 Å². The van der Waals surface area contributed by atoms with E-state index in [1.807, 2.05) is 91.9 Å². The maximum atomic E-state index is 13.4. The second kappa shape index (κ2) is 9.42. The Labute approximate surface area is 197 Å². The lowest BCUT2D eigenvalue weighted by Gasteiger charge is -2.10. The van der Waals surface area contributed by atoms with Crippen LogP contribution in [0.2, 0.25) is 0 Å². The van der Waals surface area contributed by atoms with Gasteiger partial charge in [0.25, 0.3) is 5.91 Å². The first-order chi connectivity index (χ1) is 16.7. The van der Waals surface area contributed by atoms with Crippen LogP contribution in [-0.4, -0.2) is 20.7 Å². The Balaban J connectivity index is 1.47. The number of para-hydroxylation sites is 1. The molecule has 2 heterocycles. The lowest BCUT2D eigenvalue weighted by Crippen LogP contribution is -2.12. The molecule has 5 rings (SSSR count). The Kier molecular flexibility index (Phi) is 5.86. The summed E-state index contributed by atoms with van der Waals surface area (Å²) in [5, 5.41) is 7.74. The van der Waals surface area contributed by atoms with E-state index in [-0.39, 0.29) is 5.91 Å². The third-order valence-electron chi connectivity index (χ3n) is 5.21. The van der Waals surface area contributed by atoms with Crippen LogP contribution in [-0.2, 0) is 0 Å². The van der Waals surface area contributed by atoms with Crippen molar-refractivity contribution in [1.82, 2.24) is 14.8 Å². The van der Waals surface area contributed by atoms with Gasteiger partial charge in [0.2, 0.25) is 0 Å². The zero-order chi connectivity index (χ0) is 23.3. The summed E-state index contributed by atoms with van der Waals surface area (Å²) < 4.78 is 7.64. The van der Waals surface area contributed by atoms with Gasteiger partial charge in [0.1, 0.15) is 17.2 Å². The van der Waals surface area contributed by atoms with Crippen molar-refractivity contribution in [3.63, 3.8) is 0 Å². The number of hydrogen-bond acceptors (Lipinski definition) is 4. The molecule has 0 radical (unpaired) electrons. The topological polar surface area (TPSA) is 69.0 Å². The molecule has 0 aliphatic carbocycles. The molecule has 0 fully saturated rings. The first-order valence-electron chi connectivity index (χ1n) is 10.9. The number of nitrogens with zero attached hydrogens (tertiary/aromatic N) is 3. The zero-order valence-corrected chi connectivity index (χ0v) is 18.6. The van der Waals surface area contributed by atoms with E-state index in [1.54, 1.807) is 29.3 Å². The normalized spacial score (nSPS) is 10.6. The Hall–Kier alpha value is -4.71. The number of carbonyl (C=O) groups excluding carboxylic acids is 1. The summed E-state index contributed by atoms with van der Waals surface area (Å²) in [6.45, 7) is 1.95. The SMILES string of the molecule is Cc1cc(NC(=O)c2cn(-c3ccccc3)nc2-c2ccccc2)cc(Oc2cccnc2)c1. The molecule has 1 N–H and O–H groups in total. The van der Waals surface area contributed by atoms with Crippen molar-refractivity contribution in [1.29, 1.82) is 0 Å². The standard InChI is InChI=1S/C28H22N4O2/c1-20-15-22(17-25(16-20)34-24-13-8-14-29-18-24)30-28(33)26-19-32(23-11-6-3-7-12-23)31-27(26)21-9-4-2-5-10-21/h2-19H,1H3,(H,30,33). The van der Waals surface area contributed by atoms with Gasteiger partial charge in [-0.05, 0) is 48.9 Å². The Morgan fingerprint density at radius 2 is 1.65 bits per heavy atom. The fraction of sp³-hybridized carbons (Fsp3) is 0.0357. The quantitative estimate of drug-likeness (QED) is 0.333. The zero-order valence-electron chi connectivity index (χ0n) is 18.6. The van der Waals surface area contributed by atoms with Gasteiger partial charge in [-0.15, -0.1) is 0 Å². The van der Waals surface area contributed by atoms with E-state index in [1.165, 1.54) is 0 Å². The van der Waals surface area contributed by atoms with Gasteiger partial charge in [-0.25, -0.2) is 4.68 Å². The van der Waals surface area contributed by atoms with Crippen molar-refractivity contribution < 1.29 is 9.53 Å². The Morgan fingerprint density at radius 3 is 2.38 bits per heavy atom. The van der Waals surface area contributed by atoms with Crippen LogP contribution in [0.1, 0.15) is 15.9 Å². The van der Waals surface area contributed by atoms with Crippen LogP contribution in [0.5, 0.6) is 11.5 Å². The van der Waals surface area contributed by atoms with Crippen LogP contribution < -0.4 is 10.1 Å². The van der Waals surface area contributed by atoms with Crippen LogP contribution in [0.4, 0.5) is 5.69 Å². The van der Waals surface area contributed by atoms with E-state index < -0.39 is 0 Å². The summed E-state index contributed by atoms with van der Waals surface area (Å²) in [5.41, 5.74) is 4.43. The number of carbonyl (C=O) groups is 1. The summed E-state index contributed by atoms with van der Waals surface area (Å²) in [4.78, 5) is 17.5. The van der Waals surface area contributed by atoms with Crippen molar-refractivity contribution in [2.45, 2.75) is 6.92 Å². The molecule has 34 heavy (non-hydrogen) atoms. The van der Waals surface area contributed by atoms with Gasteiger partial charge in [-0.3, -0.25) is 9.78 Å². The molecule has 0 aliphatic rings. The second-order valence-corrected chi connectivity index (χ2v) is 7.82. The average molecular weight is 447 g/mol. The summed E-state index contributed by atoms with van der Waals surface area (Å²) in [5.74, 6) is 0.992. The molecule has 0 saturated carbocycles. The molecule has 6 nitrogen and oxygen atoms in total. The number of aromatic nitrogens is 3. The van der Waals surface area contributed by atoms with Gasteiger partial charge in [-0.2, -0.15) is 5.10 Å². The highest BCUT2D eigenvalue weighted by Gasteiger charge is 2.19. The largest absolute Gasteiger partial charge is 0.456 e. The highest BCUT2D eigenvalue weighted by Crippen LogP contribution is 2.28. The number of nitrogens with one attached hydrogen (secondary N) is 1. The maximum Gasteiger partial charge on any atom is 0.259 e. The van der Waals surface area contributed by atoms with Crippen molar-refractivity contribution in [2.75, 3.05) is 5.32 Å². The number of ether oxygens (including phenoxy) is 1. The van der Waals surface area contributed by atoms with Gasteiger partial charge in [-0.1, -0.05) is 48.5 Å². The lowest BCUT2D eigenvalue weighted by molar-refractivity contribution is 0.102. The third kappa shape index (κ3) is 4.71. The smallest absolute Gasteiger partial charge is 0.259 e. The molecule has 5 aromatic rings. The average Bonchev–Trinajstić information content (AvgIpc) is 3.31. The number of rotatable bonds is 6. The molecule has 0 bridgehead atoms. The van der Waals surface area contributed by atoms with E-state index in [0.29, 0.717) is 28.4 Å². The lowest BCUT2D eigenvalue weighted by atomic mass is 10.1. The van der Waals surface area contributed by atoms with E-state index >= 15 is 0 Å². The Morgan fingerprint density at radius 1 is 0.882 bits per heavy atom. The molecular weight excluding hydrogens is 424 g/mol. The Bertz CT molecular complexity index is 1420. The van der Waals surface area contributed by atoms with Crippen LogP contribution in [0.25, 0.3) is 16.9 Å². The summed E-state index contributed by atoms with van der Waals surface area (Å²) in [7, 11) is 0. The highest BCUT2D eigenvalue weighted by molar-refractivity contribution is 6.08. The molecule has 6 heteroatoms. The molecule has 0 atom stereocenters. The molecule has 166 valence electrons. The van der Waals surface area contributed by atoms with E-state index in [0.717, 1.165) is 16.8 Å². The van der Waals surface area contributed by atoms with Gasteiger partial charge >= 0.3 is 0 Å². The van der Waals surface area contributed by atoms with Gasteiger partial charge in [0.05, 0.1) is 17.4 Å². The van der Waals surface area contributed by atoms with Crippen molar-refractivity contribution in [3.05, 3.63) is 121 Å². The van der Waals surface area contributed by atoms with Crippen LogP contribution in [0.15, 0.2) is 110 Å². The highest BCUT2D eigenvalue weighted by atomic mass is 16.5. The van der Waals surface area contributed by atoms with Crippen molar-refractivity contribution >= 4 is 11.6 Å². The third-order valence-corrected chi connectivity index (χ3v) is 5.21. The molecule has 0 spiro atoms. The molecule has 1 amide bonds. The van der Waals surface area contributed by atoms with E-state index in [9.17, 15) is 4.79 Å². The number of benzene rings is 3. The summed E-state index contributed by atoms with van der Waals surface area (Å²) in [6, 6.07) is 28.7. The predicted molar refractivity (Wildman–Crippen MR) is 132 cm³/mol. The molecule has 3 aromatic carbocycles. The molecule has 2 aromatic heterocycles. The minimum absolute atomic E-state index is 0.251. The predicted octanol–water partition coefficient (Wildman–Crippen LogP) is 6.29. The monoisotopic (exact) mass is 446 g/mol. The van der Waals surface area contributed by atoms with Gasteiger partial charge < -0.3 is 10.1 Å². The molecule has 0 aliphatic heterocycles. The van der Waals surface area contributed by atoms with E-state index in [2.05, 4.69) is 10.3 Å². The maximum absolute atomic E-state index is 13.4.